The summed E-state index contributed by atoms with van der Waals surface area (Å²) in [4.78, 5) is 9.17. The lowest BCUT2D eigenvalue weighted by molar-refractivity contribution is 0.186. The number of fused-ring (bicyclic) bond motifs is 1. The van der Waals surface area contributed by atoms with Crippen molar-refractivity contribution < 1.29 is 5.11 Å². The number of hydrogen-bond acceptors (Lipinski definition) is 5. The normalized spacial score (nSPS) is 13.4. The third-order valence-electron chi connectivity index (χ3n) is 1.69. The van der Waals surface area contributed by atoms with E-state index in [1.54, 1.807) is 6.20 Å². The average molecular weight is 195 g/mol. The number of rotatable bonds is 2. The van der Waals surface area contributed by atoms with Crippen LogP contribution in [0.5, 0.6) is 0 Å². The minimum atomic E-state index is -0.667. The highest BCUT2D eigenvalue weighted by Crippen LogP contribution is 2.23. The molecular formula is C8H9N3OS. The van der Waals surface area contributed by atoms with E-state index in [2.05, 4.69) is 9.97 Å². The third kappa shape index (κ3) is 1.53. The Hall–Kier alpha value is -1.04. The molecule has 0 fully saturated rings. The first-order chi connectivity index (χ1) is 6.31. The molecule has 0 amide bonds. The van der Waals surface area contributed by atoms with Gasteiger partial charge >= 0.3 is 0 Å². The molecule has 13 heavy (non-hydrogen) atoms. The molecule has 5 heteroatoms. The largest absolute Gasteiger partial charge is 0.385 e. The van der Waals surface area contributed by atoms with E-state index in [9.17, 15) is 5.11 Å². The first-order valence-electron chi connectivity index (χ1n) is 3.91. The SMILES string of the molecule is NCC(O)c1nc2cccnc2s1. The molecule has 0 saturated heterocycles. The number of nitrogens with zero attached hydrogens (tertiary/aromatic N) is 2. The molecule has 4 nitrogen and oxygen atoms in total. The fourth-order valence-electron chi connectivity index (χ4n) is 1.03. The lowest BCUT2D eigenvalue weighted by Gasteiger charge is -1.99. The van der Waals surface area contributed by atoms with Crippen LogP contribution >= 0.6 is 11.3 Å². The molecule has 1 unspecified atom stereocenters. The van der Waals surface area contributed by atoms with Crippen LogP contribution in [0, 0.1) is 0 Å². The van der Waals surface area contributed by atoms with Gasteiger partial charge in [-0.1, -0.05) is 11.3 Å². The highest BCUT2D eigenvalue weighted by atomic mass is 32.1. The van der Waals surface area contributed by atoms with Crippen molar-refractivity contribution in [2.24, 2.45) is 5.73 Å². The second-order valence-corrected chi connectivity index (χ2v) is 3.64. The van der Waals surface area contributed by atoms with Gasteiger partial charge in [0, 0.05) is 12.7 Å². The van der Waals surface area contributed by atoms with Crippen LogP contribution in [0.25, 0.3) is 10.3 Å². The summed E-state index contributed by atoms with van der Waals surface area (Å²) in [5.41, 5.74) is 6.14. The smallest absolute Gasteiger partial charge is 0.143 e. The maximum Gasteiger partial charge on any atom is 0.143 e. The summed E-state index contributed by atoms with van der Waals surface area (Å²) in [6.45, 7) is 0.194. The van der Waals surface area contributed by atoms with Gasteiger partial charge in [-0.3, -0.25) is 0 Å². The molecule has 0 aromatic carbocycles. The summed E-state index contributed by atoms with van der Waals surface area (Å²) >= 11 is 1.38. The van der Waals surface area contributed by atoms with Gasteiger partial charge in [0.15, 0.2) is 0 Å². The number of hydrogen-bond donors (Lipinski definition) is 2. The van der Waals surface area contributed by atoms with Gasteiger partial charge in [-0.2, -0.15) is 0 Å². The molecule has 0 bridgehead atoms. The van der Waals surface area contributed by atoms with Gasteiger partial charge in [-0.05, 0) is 12.1 Å². The number of thiazole rings is 1. The third-order valence-corrected chi connectivity index (χ3v) is 2.77. The lowest BCUT2D eigenvalue weighted by Crippen LogP contribution is -2.10. The van der Waals surface area contributed by atoms with Crippen molar-refractivity contribution in [1.29, 1.82) is 0 Å². The number of pyridine rings is 1. The van der Waals surface area contributed by atoms with E-state index < -0.39 is 6.10 Å². The Morgan fingerprint density at radius 1 is 1.62 bits per heavy atom. The summed E-state index contributed by atoms with van der Waals surface area (Å²) in [7, 11) is 0. The number of aromatic nitrogens is 2. The van der Waals surface area contributed by atoms with Gasteiger partial charge in [0.05, 0.1) is 0 Å². The zero-order valence-corrected chi connectivity index (χ0v) is 7.66. The van der Waals surface area contributed by atoms with Gasteiger partial charge in [0.1, 0.15) is 21.5 Å². The number of aliphatic hydroxyl groups excluding tert-OH is 1. The fourth-order valence-corrected chi connectivity index (χ4v) is 1.94. The molecule has 2 aromatic heterocycles. The lowest BCUT2D eigenvalue weighted by atomic mass is 10.4. The Morgan fingerprint density at radius 3 is 3.15 bits per heavy atom. The van der Waals surface area contributed by atoms with Crippen LogP contribution < -0.4 is 5.73 Å². The van der Waals surface area contributed by atoms with Crippen molar-refractivity contribution in [3.05, 3.63) is 23.3 Å². The Bertz CT molecular complexity index is 381. The quantitative estimate of drug-likeness (QED) is 0.739. The van der Waals surface area contributed by atoms with E-state index in [0.717, 1.165) is 10.3 Å². The number of aliphatic hydroxyl groups is 1. The maximum atomic E-state index is 9.43. The minimum absolute atomic E-state index is 0.194. The standard InChI is InChI=1S/C8H9N3OS/c9-4-6(12)8-11-5-2-1-3-10-7(5)13-8/h1-3,6,12H,4,9H2. The van der Waals surface area contributed by atoms with Crippen LogP contribution in [-0.4, -0.2) is 21.6 Å². The summed E-state index contributed by atoms with van der Waals surface area (Å²) in [6.07, 6.45) is 1.04. The number of nitrogens with two attached hydrogens (primary N) is 1. The predicted molar refractivity (Wildman–Crippen MR) is 51.4 cm³/mol. The van der Waals surface area contributed by atoms with Gasteiger partial charge in [-0.15, -0.1) is 0 Å². The van der Waals surface area contributed by atoms with Crippen molar-refractivity contribution in [1.82, 2.24) is 9.97 Å². The predicted octanol–water partition coefficient (Wildman–Crippen LogP) is 0.683. The second-order valence-electron chi connectivity index (χ2n) is 2.63. The molecule has 2 rings (SSSR count). The van der Waals surface area contributed by atoms with Crippen molar-refractivity contribution in [3.8, 4) is 0 Å². The average Bonchev–Trinajstić information content (AvgIpc) is 2.59. The fraction of sp³-hybridized carbons (Fsp3) is 0.250. The Balaban J connectivity index is 2.49. The zero-order valence-electron chi connectivity index (χ0n) is 6.84. The first kappa shape index (κ1) is 8.55. The van der Waals surface area contributed by atoms with Crippen molar-refractivity contribution in [3.63, 3.8) is 0 Å². The van der Waals surface area contributed by atoms with Crippen LogP contribution in [0.4, 0.5) is 0 Å². The molecule has 1 atom stereocenters. The molecule has 0 aliphatic rings. The Labute approximate surface area is 79.1 Å². The first-order valence-corrected chi connectivity index (χ1v) is 4.72. The van der Waals surface area contributed by atoms with Crippen LogP contribution in [-0.2, 0) is 0 Å². The van der Waals surface area contributed by atoms with Crippen molar-refractivity contribution >= 4 is 21.7 Å². The molecule has 0 radical (unpaired) electrons. The van der Waals surface area contributed by atoms with Gasteiger partial charge < -0.3 is 10.8 Å². The maximum absolute atomic E-state index is 9.43. The highest BCUT2D eigenvalue weighted by Gasteiger charge is 2.11. The van der Waals surface area contributed by atoms with Crippen molar-refractivity contribution in [2.45, 2.75) is 6.10 Å². The summed E-state index contributed by atoms with van der Waals surface area (Å²) in [5.74, 6) is 0. The van der Waals surface area contributed by atoms with Crippen LogP contribution in [0.3, 0.4) is 0 Å². The van der Waals surface area contributed by atoms with Crippen LogP contribution in [0.1, 0.15) is 11.1 Å². The zero-order chi connectivity index (χ0) is 9.26. The van der Waals surface area contributed by atoms with Crippen LogP contribution in [0.15, 0.2) is 18.3 Å². The monoisotopic (exact) mass is 195 g/mol. The molecule has 2 aromatic rings. The molecule has 0 spiro atoms. The van der Waals surface area contributed by atoms with E-state index in [0.29, 0.717) is 5.01 Å². The molecule has 0 aliphatic heterocycles. The molecule has 0 aliphatic carbocycles. The Morgan fingerprint density at radius 2 is 2.46 bits per heavy atom. The molecule has 0 saturated carbocycles. The second kappa shape index (κ2) is 3.37. The summed E-state index contributed by atoms with van der Waals surface area (Å²) in [5, 5.41) is 10.1. The van der Waals surface area contributed by atoms with Gasteiger partial charge in [-0.25, -0.2) is 9.97 Å². The summed E-state index contributed by atoms with van der Waals surface area (Å²) in [6, 6.07) is 3.69. The van der Waals surface area contributed by atoms with Crippen LogP contribution in [0.2, 0.25) is 0 Å². The summed E-state index contributed by atoms with van der Waals surface area (Å²) < 4.78 is 0. The topological polar surface area (TPSA) is 72.0 Å². The molecule has 3 N–H and O–H groups in total. The van der Waals surface area contributed by atoms with Crippen molar-refractivity contribution in [2.75, 3.05) is 6.54 Å². The molecular weight excluding hydrogens is 186 g/mol. The van der Waals surface area contributed by atoms with E-state index >= 15 is 0 Å². The molecule has 68 valence electrons. The Kier molecular flexibility index (Phi) is 2.22. The highest BCUT2D eigenvalue weighted by molar-refractivity contribution is 7.18. The van der Waals surface area contributed by atoms with E-state index in [-0.39, 0.29) is 6.54 Å². The molecule has 2 heterocycles. The van der Waals surface area contributed by atoms with E-state index in [1.165, 1.54) is 11.3 Å². The minimum Gasteiger partial charge on any atom is -0.385 e. The van der Waals surface area contributed by atoms with E-state index in [1.807, 2.05) is 12.1 Å². The van der Waals surface area contributed by atoms with E-state index in [4.69, 9.17) is 5.73 Å². The van der Waals surface area contributed by atoms with Gasteiger partial charge in [0.2, 0.25) is 0 Å². The van der Waals surface area contributed by atoms with Gasteiger partial charge in [0.25, 0.3) is 0 Å².